The number of esters is 1. The van der Waals surface area contributed by atoms with E-state index in [0.717, 1.165) is 0 Å². The van der Waals surface area contributed by atoms with Crippen LogP contribution in [0.4, 0.5) is 11.4 Å². The van der Waals surface area contributed by atoms with E-state index in [4.69, 9.17) is 20.8 Å². The SMILES string of the molecule is COC(=O)c1cc(CN(C)C(C)C(=O)Nc2ccc([N+](=O)[O-])cc2Cl)oc1C. The van der Waals surface area contributed by atoms with Gasteiger partial charge >= 0.3 is 5.97 Å². The number of amides is 1. The van der Waals surface area contributed by atoms with Gasteiger partial charge in [-0.15, -0.1) is 0 Å². The minimum atomic E-state index is -0.571. The molecule has 0 saturated carbocycles. The fourth-order valence-electron chi connectivity index (χ4n) is 2.47. The number of nitro benzene ring substituents is 1. The molecule has 1 N–H and O–H groups in total. The molecule has 2 rings (SSSR count). The molecule has 0 radical (unpaired) electrons. The van der Waals surface area contributed by atoms with E-state index >= 15 is 0 Å². The van der Waals surface area contributed by atoms with Crippen molar-refractivity contribution >= 4 is 34.9 Å². The van der Waals surface area contributed by atoms with Crippen LogP contribution in [0.2, 0.25) is 5.02 Å². The van der Waals surface area contributed by atoms with Crippen LogP contribution >= 0.6 is 11.6 Å². The summed E-state index contributed by atoms with van der Waals surface area (Å²) in [7, 11) is 3.01. The molecular weight excluding hydrogens is 390 g/mol. The zero-order valence-corrected chi connectivity index (χ0v) is 16.6. The van der Waals surface area contributed by atoms with Crippen molar-refractivity contribution < 1.29 is 23.7 Å². The van der Waals surface area contributed by atoms with Gasteiger partial charge in [0.1, 0.15) is 17.1 Å². The number of nitro groups is 1. The number of methoxy groups -OCH3 is 1. The van der Waals surface area contributed by atoms with Gasteiger partial charge in [-0.1, -0.05) is 11.6 Å². The quantitative estimate of drug-likeness (QED) is 0.423. The van der Waals surface area contributed by atoms with Gasteiger partial charge in [0, 0.05) is 12.1 Å². The van der Waals surface area contributed by atoms with Gasteiger partial charge in [0.15, 0.2) is 0 Å². The Morgan fingerprint density at radius 2 is 2.07 bits per heavy atom. The second-order valence-electron chi connectivity index (χ2n) is 6.18. The Hall–Kier alpha value is -2.91. The molecule has 0 aliphatic rings. The van der Waals surface area contributed by atoms with Gasteiger partial charge in [-0.25, -0.2) is 4.79 Å². The standard InChI is InChI=1S/C18H20ClN3O6/c1-10(17(23)20-16-6-5-12(22(25)26)7-15(16)19)21(3)9-13-8-14(11(2)28-13)18(24)27-4/h5-8,10H,9H2,1-4H3,(H,20,23). The second-order valence-corrected chi connectivity index (χ2v) is 6.58. The number of nitrogens with zero attached hydrogens (tertiary/aromatic N) is 2. The Morgan fingerprint density at radius 3 is 2.64 bits per heavy atom. The van der Waals surface area contributed by atoms with Crippen molar-refractivity contribution in [2.45, 2.75) is 26.4 Å². The summed E-state index contributed by atoms with van der Waals surface area (Å²) in [6.45, 7) is 3.62. The van der Waals surface area contributed by atoms with E-state index in [2.05, 4.69) is 5.32 Å². The molecule has 0 aliphatic heterocycles. The highest BCUT2D eigenvalue weighted by atomic mass is 35.5. The lowest BCUT2D eigenvalue weighted by molar-refractivity contribution is -0.384. The molecular formula is C18H20ClN3O6. The maximum Gasteiger partial charge on any atom is 0.341 e. The molecule has 0 spiro atoms. The molecule has 2 aromatic rings. The van der Waals surface area contributed by atoms with Gasteiger partial charge in [0.05, 0.1) is 35.3 Å². The van der Waals surface area contributed by atoms with Gasteiger partial charge in [0.25, 0.3) is 5.69 Å². The van der Waals surface area contributed by atoms with Crippen molar-refractivity contribution in [3.63, 3.8) is 0 Å². The van der Waals surface area contributed by atoms with Gasteiger partial charge in [-0.3, -0.25) is 19.8 Å². The van der Waals surface area contributed by atoms with Crippen LogP contribution in [0.1, 0.15) is 28.8 Å². The summed E-state index contributed by atoms with van der Waals surface area (Å²) >= 11 is 6.00. The molecule has 0 fully saturated rings. The molecule has 1 aromatic heterocycles. The van der Waals surface area contributed by atoms with E-state index in [0.29, 0.717) is 17.1 Å². The highest BCUT2D eigenvalue weighted by Crippen LogP contribution is 2.27. The third-order valence-electron chi connectivity index (χ3n) is 4.24. The lowest BCUT2D eigenvalue weighted by Gasteiger charge is -2.23. The highest BCUT2D eigenvalue weighted by Gasteiger charge is 2.22. The Labute approximate surface area is 166 Å². The normalized spacial score (nSPS) is 11.9. The van der Waals surface area contributed by atoms with Crippen molar-refractivity contribution in [1.29, 1.82) is 0 Å². The molecule has 1 aromatic carbocycles. The van der Waals surface area contributed by atoms with Crippen LogP contribution in [0, 0.1) is 17.0 Å². The number of furan rings is 1. The maximum atomic E-state index is 12.5. The van der Waals surface area contributed by atoms with Crippen molar-refractivity contribution in [3.05, 3.63) is 56.5 Å². The van der Waals surface area contributed by atoms with Gasteiger partial charge in [-0.2, -0.15) is 0 Å². The smallest absolute Gasteiger partial charge is 0.341 e. The molecule has 1 heterocycles. The number of benzene rings is 1. The van der Waals surface area contributed by atoms with Crippen LogP contribution in [-0.2, 0) is 16.1 Å². The highest BCUT2D eigenvalue weighted by molar-refractivity contribution is 6.34. The second kappa shape index (κ2) is 8.85. The largest absolute Gasteiger partial charge is 0.465 e. The molecule has 28 heavy (non-hydrogen) atoms. The fourth-order valence-corrected chi connectivity index (χ4v) is 2.70. The summed E-state index contributed by atoms with van der Waals surface area (Å²) in [4.78, 5) is 36.1. The Balaban J connectivity index is 2.05. The first-order chi connectivity index (χ1) is 13.1. The molecule has 1 unspecified atom stereocenters. The molecule has 9 nitrogen and oxygen atoms in total. The van der Waals surface area contributed by atoms with Crippen LogP contribution in [0.5, 0.6) is 0 Å². The average molecular weight is 410 g/mol. The number of non-ortho nitro benzene ring substituents is 1. The molecule has 0 aliphatic carbocycles. The molecule has 1 amide bonds. The first kappa shape index (κ1) is 21.4. The van der Waals surface area contributed by atoms with E-state index in [1.807, 2.05) is 0 Å². The maximum absolute atomic E-state index is 12.5. The summed E-state index contributed by atoms with van der Waals surface area (Å²) in [6, 6.07) is 4.82. The average Bonchev–Trinajstić information content (AvgIpc) is 3.01. The molecule has 0 bridgehead atoms. The van der Waals surface area contributed by atoms with E-state index < -0.39 is 16.9 Å². The summed E-state index contributed by atoms with van der Waals surface area (Å²) in [5.74, 6) is 0.0990. The number of hydrogen-bond acceptors (Lipinski definition) is 7. The van der Waals surface area contributed by atoms with Crippen LogP contribution in [0.15, 0.2) is 28.7 Å². The molecule has 150 valence electrons. The summed E-state index contributed by atoms with van der Waals surface area (Å²) in [6.07, 6.45) is 0. The number of nitrogens with one attached hydrogen (secondary N) is 1. The van der Waals surface area contributed by atoms with Crippen molar-refractivity contribution in [2.75, 3.05) is 19.5 Å². The number of hydrogen-bond donors (Lipinski definition) is 1. The zero-order valence-electron chi connectivity index (χ0n) is 15.8. The van der Waals surface area contributed by atoms with E-state index in [-0.39, 0.29) is 28.8 Å². The minimum Gasteiger partial charge on any atom is -0.465 e. The van der Waals surface area contributed by atoms with Crippen LogP contribution in [-0.4, -0.2) is 41.9 Å². The Morgan fingerprint density at radius 1 is 1.39 bits per heavy atom. The first-order valence-corrected chi connectivity index (χ1v) is 8.64. The molecule has 1 atom stereocenters. The number of aryl methyl sites for hydroxylation is 1. The monoisotopic (exact) mass is 409 g/mol. The predicted octanol–water partition coefficient (Wildman–Crippen LogP) is 3.40. The predicted molar refractivity (Wildman–Crippen MR) is 102 cm³/mol. The third kappa shape index (κ3) is 4.87. The molecule has 0 saturated heterocycles. The summed E-state index contributed by atoms with van der Waals surface area (Å²) in [5, 5.41) is 13.5. The van der Waals surface area contributed by atoms with Crippen LogP contribution < -0.4 is 5.32 Å². The number of rotatable bonds is 7. The number of halogens is 1. The van der Waals surface area contributed by atoms with Crippen LogP contribution in [0.3, 0.4) is 0 Å². The van der Waals surface area contributed by atoms with E-state index in [9.17, 15) is 19.7 Å². The number of ether oxygens (including phenoxy) is 1. The van der Waals surface area contributed by atoms with Crippen molar-refractivity contribution in [1.82, 2.24) is 4.90 Å². The van der Waals surface area contributed by atoms with Crippen LogP contribution in [0.25, 0.3) is 0 Å². The number of anilines is 1. The summed E-state index contributed by atoms with van der Waals surface area (Å²) in [5.41, 5.74) is 0.447. The third-order valence-corrected chi connectivity index (χ3v) is 4.55. The minimum absolute atomic E-state index is 0.0711. The van der Waals surface area contributed by atoms with E-state index in [1.54, 1.807) is 31.9 Å². The first-order valence-electron chi connectivity index (χ1n) is 8.26. The summed E-state index contributed by atoms with van der Waals surface area (Å²) < 4.78 is 10.2. The van der Waals surface area contributed by atoms with Gasteiger partial charge in [-0.05, 0) is 33.0 Å². The number of carbonyl (C=O) groups is 2. The van der Waals surface area contributed by atoms with Crippen molar-refractivity contribution in [3.8, 4) is 0 Å². The lowest BCUT2D eigenvalue weighted by atomic mass is 10.2. The van der Waals surface area contributed by atoms with Gasteiger partial charge < -0.3 is 14.5 Å². The molecule has 10 heteroatoms. The Kier molecular flexibility index (Phi) is 6.76. The fraction of sp³-hybridized carbons (Fsp3) is 0.333. The number of carbonyl (C=O) groups excluding carboxylic acids is 2. The Bertz CT molecular complexity index is 911. The lowest BCUT2D eigenvalue weighted by Crippen LogP contribution is -2.39. The van der Waals surface area contributed by atoms with Crippen molar-refractivity contribution in [2.24, 2.45) is 0 Å². The van der Waals surface area contributed by atoms with Gasteiger partial charge in [0.2, 0.25) is 5.91 Å². The number of likely N-dealkylation sites (N-methyl/N-ethyl adjacent to an activating group) is 1. The topological polar surface area (TPSA) is 115 Å². The van der Waals surface area contributed by atoms with E-state index in [1.165, 1.54) is 25.3 Å². The zero-order chi connectivity index (χ0) is 21.0.